The second-order valence-electron chi connectivity index (χ2n) is 8.99. The lowest BCUT2D eigenvalue weighted by atomic mass is 10.1. The van der Waals surface area contributed by atoms with Crippen LogP contribution in [0.1, 0.15) is 62.9 Å². The first-order chi connectivity index (χ1) is 14.1. The van der Waals surface area contributed by atoms with Crippen molar-refractivity contribution in [1.29, 1.82) is 0 Å². The number of benzene rings is 1. The van der Waals surface area contributed by atoms with E-state index in [0.29, 0.717) is 19.0 Å². The monoisotopic (exact) mass is 413 g/mol. The molecule has 8 heteroatoms. The maximum atomic E-state index is 12.6. The molecule has 162 valence electrons. The molecule has 1 aromatic carbocycles. The van der Waals surface area contributed by atoms with Gasteiger partial charge >= 0.3 is 6.09 Å². The molecule has 2 amide bonds. The van der Waals surface area contributed by atoms with Gasteiger partial charge in [0.1, 0.15) is 11.4 Å². The number of nitrogens with zero attached hydrogens (tertiary/aromatic N) is 4. The molecule has 30 heavy (non-hydrogen) atoms. The quantitative estimate of drug-likeness (QED) is 0.752. The summed E-state index contributed by atoms with van der Waals surface area (Å²) in [5.41, 5.74) is 0.365. The zero-order valence-electron chi connectivity index (χ0n) is 18.4. The molecule has 1 N–H and O–H groups in total. The van der Waals surface area contributed by atoms with Crippen molar-refractivity contribution in [3.63, 3.8) is 0 Å². The fourth-order valence-electron chi connectivity index (χ4n) is 3.08. The third-order valence-electron chi connectivity index (χ3n) is 4.68. The van der Waals surface area contributed by atoms with E-state index >= 15 is 0 Å². The van der Waals surface area contributed by atoms with Crippen LogP contribution in [-0.4, -0.2) is 57.4 Å². The van der Waals surface area contributed by atoms with E-state index in [0.717, 1.165) is 24.4 Å². The Hall–Kier alpha value is -2.90. The van der Waals surface area contributed by atoms with Crippen molar-refractivity contribution in [3.05, 3.63) is 42.0 Å². The molecule has 1 aliphatic rings. The molecule has 0 spiro atoms. The number of carbonyl (C=O) groups is 2. The van der Waals surface area contributed by atoms with Gasteiger partial charge in [-0.05, 0) is 51.7 Å². The third kappa shape index (κ3) is 5.81. The van der Waals surface area contributed by atoms with Gasteiger partial charge in [-0.15, -0.1) is 5.10 Å². The van der Waals surface area contributed by atoms with Crippen LogP contribution in [0.5, 0.6) is 0 Å². The van der Waals surface area contributed by atoms with E-state index in [1.165, 1.54) is 4.90 Å². The van der Waals surface area contributed by atoms with Gasteiger partial charge in [0, 0.05) is 26.1 Å². The summed E-state index contributed by atoms with van der Waals surface area (Å²) < 4.78 is 7.13. The number of rotatable bonds is 7. The normalized spacial score (nSPS) is 14.8. The number of carbonyl (C=O) groups excluding carboxylic acids is 2. The molecule has 0 radical (unpaired) electrons. The van der Waals surface area contributed by atoms with Crippen molar-refractivity contribution in [2.45, 2.75) is 52.1 Å². The van der Waals surface area contributed by atoms with Crippen LogP contribution in [0.3, 0.4) is 0 Å². The fraction of sp³-hybridized carbons (Fsp3) is 0.545. The second kappa shape index (κ2) is 8.85. The van der Waals surface area contributed by atoms with Crippen LogP contribution < -0.4 is 5.32 Å². The van der Waals surface area contributed by atoms with Gasteiger partial charge in [-0.3, -0.25) is 4.79 Å². The van der Waals surface area contributed by atoms with Gasteiger partial charge in [0.05, 0.1) is 5.69 Å². The predicted molar refractivity (Wildman–Crippen MR) is 114 cm³/mol. The Morgan fingerprint density at radius 3 is 2.53 bits per heavy atom. The number of para-hydroxylation sites is 1. The summed E-state index contributed by atoms with van der Waals surface area (Å²) in [5.74, 6) is 1.11. The number of hydrogen-bond acceptors (Lipinski definition) is 5. The predicted octanol–water partition coefficient (Wildman–Crippen LogP) is 3.38. The first-order valence-corrected chi connectivity index (χ1v) is 10.4. The standard InChI is InChI=1S/C22H31N5O3/c1-15(14-26(5)21(29)30-22(2,3)4)13-23-20(28)18-24-19(16-11-12-16)27(25-18)17-9-7-6-8-10-17/h6-10,15-16H,11-14H2,1-5H3,(H,23,28). The minimum Gasteiger partial charge on any atom is -0.444 e. The Morgan fingerprint density at radius 1 is 1.27 bits per heavy atom. The van der Waals surface area contributed by atoms with Crippen LogP contribution in [-0.2, 0) is 4.74 Å². The molecule has 1 unspecified atom stereocenters. The van der Waals surface area contributed by atoms with Crippen LogP contribution in [0.4, 0.5) is 4.79 Å². The van der Waals surface area contributed by atoms with Crippen LogP contribution in [0, 0.1) is 5.92 Å². The molecule has 0 bridgehead atoms. The molecular formula is C22H31N5O3. The van der Waals surface area contributed by atoms with Gasteiger partial charge in [-0.25, -0.2) is 14.5 Å². The number of hydrogen-bond donors (Lipinski definition) is 1. The number of ether oxygens (including phenoxy) is 1. The van der Waals surface area contributed by atoms with Crippen molar-refractivity contribution in [3.8, 4) is 5.69 Å². The summed E-state index contributed by atoms with van der Waals surface area (Å²) in [6.45, 7) is 8.34. The van der Waals surface area contributed by atoms with Gasteiger partial charge in [0.2, 0.25) is 5.82 Å². The Kier molecular flexibility index (Phi) is 6.43. The SMILES string of the molecule is CC(CNC(=O)c1nc(C2CC2)n(-c2ccccc2)n1)CN(C)C(=O)OC(C)(C)C. The summed E-state index contributed by atoms with van der Waals surface area (Å²) in [6.07, 6.45) is 1.76. The summed E-state index contributed by atoms with van der Waals surface area (Å²) >= 11 is 0. The van der Waals surface area contributed by atoms with Gasteiger partial charge in [-0.1, -0.05) is 25.1 Å². The summed E-state index contributed by atoms with van der Waals surface area (Å²) in [4.78, 5) is 30.8. The molecule has 2 aromatic rings. The van der Waals surface area contributed by atoms with Crippen LogP contribution in [0.25, 0.3) is 5.69 Å². The molecule has 3 rings (SSSR count). The first kappa shape index (κ1) is 21.8. The van der Waals surface area contributed by atoms with Crippen molar-refractivity contribution in [2.75, 3.05) is 20.1 Å². The maximum absolute atomic E-state index is 12.6. The van der Waals surface area contributed by atoms with Crippen molar-refractivity contribution in [2.24, 2.45) is 5.92 Å². The van der Waals surface area contributed by atoms with Gasteiger partial charge in [0.25, 0.3) is 5.91 Å². The molecule has 1 saturated carbocycles. The average molecular weight is 414 g/mol. The lowest BCUT2D eigenvalue weighted by molar-refractivity contribution is 0.0277. The highest BCUT2D eigenvalue weighted by molar-refractivity contribution is 5.90. The zero-order valence-corrected chi connectivity index (χ0v) is 18.4. The molecule has 1 heterocycles. The minimum absolute atomic E-state index is 0.0468. The van der Waals surface area contributed by atoms with E-state index in [4.69, 9.17) is 4.74 Å². The van der Waals surface area contributed by atoms with Crippen LogP contribution >= 0.6 is 0 Å². The molecule has 1 aliphatic carbocycles. The Bertz CT molecular complexity index is 884. The average Bonchev–Trinajstić information content (AvgIpc) is 3.43. The number of nitrogens with one attached hydrogen (secondary N) is 1. The fourth-order valence-corrected chi connectivity index (χ4v) is 3.08. The van der Waals surface area contributed by atoms with Gasteiger partial charge in [0.15, 0.2) is 0 Å². The second-order valence-corrected chi connectivity index (χ2v) is 8.99. The highest BCUT2D eigenvalue weighted by Gasteiger charge is 2.31. The van der Waals surface area contributed by atoms with Crippen LogP contribution in [0.15, 0.2) is 30.3 Å². The number of amides is 2. The molecule has 1 fully saturated rings. The Balaban J connectivity index is 1.58. The Labute approximate surface area is 177 Å². The molecule has 8 nitrogen and oxygen atoms in total. The topological polar surface area (TPSA) is 89.4 Å². The van der Waals surface area contributed by atoms with E-state index in [9.17, 15) is 9.59 Å². The largest absolute Gasteiger partial charge is 0.444 e. The summed E-state index contributed by atoms with van der Waals surface area (Å²) in [6, 6.07) is 9.74. The maximum Gasteiger partial charge on any atom is 0.410 e. The van der Waals surface area contributed by atoms with Crippen molar-refractivity contribution in [1.82, 2.24) is 25.0 Å². The van der Waals surface area contributed by atoms with E-state index in [2.05, 4.69) is 15.4 Å². The van der Waals surface area contributed by atoms with Crippen molar-refractivity contribution < 1.29 is 14.3 Å². The smallest absolute Gasteiger partial charge is 0.410 e. The van der Waals surface area contributed by atoms with E-state index < -0.39 is 5.60 Å². The first-order valence-electron chi connectivity index (χ1n) is 10.4. The highest BCUT2D eigenvalue weighted by atomic mass is 16.6. The zero-order chi connectivity index (χ0) is 21.9. The minimum atomic E-state index is -0.536. The Morgan fingerprint density at radius 2 is 1.93 bits per heavy atom. The van der Waals surface area contributed by atoms with E-state index in [1.807, 2.05) is 58.0 Å². The molecule has 0 saturated heterocycles. The molecule has 1 atom stereocenters. The lowest BCUT2D eigenvalue weighted by Crippen LogP contribution is -2.39. The van der Waals surface area contributed by atoms with Crippen molar-refractivity contribution >= 4 is 12.0 Å². The molecule has 0 aliphatic heterocycles. The molecular weight excluding hydrogens is 382 g/mol. The van der Waals surface area contributed by atoms with E-state index in [-0.39, 0.29) is 23.7 Å². The van der Waals surface area contributed by atoms with E-state index in [1.54, 1.807) is 11.7 Å². The number of aromatic nitrogens is 3. The summed E-state index contributed by atoms with van der Waals surface area (Å²) in [7, 11) is 1.69. The van der Waals surface area contributed by atoms with Gasteiger partial charge < -0.3 is 15.0 Å². The van der Waals surface area contributed by atoms with Gasteiger partial charge in [-0.2, -0.15) is 0 Å². The highest BCUT2D eigenvalue weighted by Crippen LogP contribution is 2.39. The van der Waals surface area contributed by atoms with Crippen LogP contribution in [0.2, 0.25) is 0 Å². The third-order valence-corrected chi connectivity index (χ3v) is 4.68. The molecule has 1 aromatic heterocycles. The lowest BCUT2D eigenvalue weighted by Gasteiger charge is -2.26. The summed E-state index contributed by atoms with van der Waals surface area (Å²) in [5, 5.41) is 7.34.